The van der Waals surface area contributed by atoms with Crippen molar-refractivity contribution in [2.75, 3.05) is 26.7 Å². The van der Waals surface area contributed by atoms with Crippen LogP contribution >= 0.6 is 0 Å². The predicted molar refractivity (Wildman–Crippen MR) is 82.6 cm³/mol. The topological polar surface area (TPSA) is 41.6 Å². The Morgan fingerprint density at radius 3 is 3.14 bits per heavy atom. The van der Waals surface area contributed by atoms with E-state index < -0.39 is 5.82 Å². The lowest BCUT2D eigenvalue weighted by atomic mass is 9.89. The highest BCUT2D eigenvalue weighted by atomic mass is 19.1. The first kappa shape index (κ1) is 15.0. The maximum Gasteiger partial charge on any atom is 0.251 e. The lowest BCUT2D eigenvalue weighted by Gasteiger charge is -2.40. The van der Waals surface area contributed by atoms with Gasteiger partial charge in [0.1, 0.15) is 0 Å². The van der Waals surface area contributed by atoms with E-state index in [1.807, 2.05) is 0 Å². The van der Waals surface area contributed by atoms with E-state index in [9.17, 15) is 9.18 Å². The lowest BCUT2D eigenvalue weighted by Crippen LogP contribution is -2.53. The van der Waals surface area contributed by atoms with Crippen molar-refractivity contribution in [2.24, 2.45) is 0 Å². The van der Waals surface area contributed by atoms with Crippen LogP contribution in [0, 0.1) is 5.82 Å². The van der Waals surface area contributed by atoms with Crippen LogP contribution in [0.25, 0.3) is 0 Å². The van der Waals surface area contributed by atoms with E-state index in [-0.39, 0.29) is 17.2 Å². The SMILES string of the molecule is COc1cc(C(=O)NCC23CC=CCN2CCC3)ccc1F. The normalized spacial score (nSPS) is 24.1. The maximum absolute atomic E-state index is 13.4. The number of hydrogen-bond acceptors (Lipinski definition) is 3. The predicted octanol–water partition coefficient (Wildman–Crippen LogP) is 2.36. The fourth-order valence-electron chi connectivity index (χ4n) is 3.44. The molecular formula is C17H21FN2O2. The zero-order chi connectivity index (χ0) is 15.6. The van der Waals surface area contributed by atoms with E-state index in [1.54, 1.807) is 0 Å². The molecule has 22 heavy (non-hydrogen) atoms. The molecule has 1 unspecified atom stereocenters. The van der Waals surface area contributed by atoms with Crippen molar-refractivity contribution in [2.45, 2.75) is 24.8 Å². The van der Waals surface area contributed by atoms with E-state index in [1.165, 1.54) is 31.7 Å². The summed E-state index contributed by atoms with van der Waals surface area (Å²) in [5.41, 5.74) is 0.472. The van der Waals surface area contributed by atoms with E-state index >= 15 is 0 Å². The van der Waals surface area contributed by atoms with Crippen molar-refractivity contribution < 1.29 is 13.9 Å². The van der Waals surface area contributed by atoms with Gasteiger partial charge in [-0.25, -0.2) is 4.39 Å². The number of carbonyl (C=O) groups excluding carboxylic acids is 1. The van der Waals surface area contributed by atoms with Crippen molar-refractivity contribution in [1.29, 1.82) is 0 Å². The largest absolute Gasteiger partial charge is 0.494 e. The number of methoxy groups -OCH3 is 1. The van der Waals surface area contributed by atoms with Crippen LogP contribution in [0.4, 0.5) is 4.39 Å². The molecule has 3 rings (SSSR count). The average molecular weight is 304 g/mol. The summed E-state index contributed by atoms with van der Waals surface area (Å²) >= 11 is 0. The zero-order valence-corrected chi connectivity index (χ0v) is 12.8. The van der Waals surface area contributed by atoms with Crippen LogP contribution in [0.3, 0.4) is 0 Å². The molecule has 0 radical (unpaired) electrons. The molecule has 2 aliphatic heterocycles. The van der Waals surface area contributed by atoms with Crippen molar-refractivity contribution in [3.05, 3.63) is 41.7 Å². The van der Waals surface area contributed by atoms with Gasteiger partial charge in [-0.05, 0) is 44.0 Å². The Hall–Kier alpha value is -1.88. The lowest BCUT2D eigenvalue weighted by molar-refractivity contribution is 0.0892. The van der Waals surface area contributed by atoms with Gasteiger partial charge < -0.3 is 10.1 Å². The highest BCUT2D eigenvalue weighted by Gasteiger charge is 2.40. The van der Waals surface area contributed by atoms with Crippen molar-refractivity contribution in [1.82, 2.24) is 10.2 Å². The Morgan fingerprint density at radius 2 is 2.32 bits per heavy atom. The third-order valence-electron chi connectivity index (χ3n) is 4.72. The number of carbonyl (C=O) groups is 1. The first-order chi connectivity index (χ1) is 10.6. The van der Waals surface area contributed by atoms with Gasteiger partial charge >= 0.3 is 0 Å². The molecule has 0 aliphatic carbocycles. The van der Waals surface area contributed by atoms with Crippen LogP contribution in [0.5, 0.6) is 5.75 Å². The Morgan fingerprint density at radius 1 is 1.45 bits per heavy atom. The van der Waals surface area contributed by atoms with Gasteiger partial charge in [0.2, 0.25) is 0 Å². The summed E-state index contributed by atoms with van der Waals surface area (Å²) in [7, 11) is 1.39. The Kier molecular flexibility index (Phi) is 4.16. The number of ether oxygens (including phenoxy) is 1. The molecule has 1 amide bonds. The Bertz CT molecular complexity index is 602. The number of benzene rings is 1. The molecule has 1 saturated heterocycles. The molecule has 0 spiro atoms. The molecule has 1 aromatic carbocycles. The first-order valence-corrected chi connectivity index (χ1v) is 7.66. The third-order valence-corrected chi connectivity index (χ3v) is 4.72. The van der Waals surface area contributed by atoms with E-state index in [2.05, 4.69) is 22.4 Å². The molecule has 1 atom stereocenters. The minimum atomic E-state index is -0.461. The third kappa shape index (κ3) is 2.73. The Labute approximate surface area is 129 Å². The van der Waals surface area contributed by atoms with Crippen LogP contribution in [0.1, 0.15) is 29.6 Å². The molecule has 1 N–H and O–H groups in total. The van der Waals surface area contributed by atoms with Crippen LogP contribution in [-0.4, -0.2) is 43.1 Å². The van der Waals surface area contributed by atoms with Gasteiger partial charge in [0, 0.05) is 24.2 Å². The van der Waals surface area contributed by atoms with Gasteiger partial charge in [-0.2, -0.15) is 0 Å². The number of fused-ring (bicyclic) bond motifs is 1. The van der Waals surface area contributed by atoms with Gasteiger partial charge in [-0.1, -0.05) is 12.2 Å². The van der Waals surface area contributed by atoms with E-state index in [4.69, 9.17) is 4.74 Å². The van der Waals surface area contributed by atoms with Gasteiger partial charge in [-0.3, -0.25) is 9.69 Å². The van der Waals surface area contributed by atoms with Crippen molar-refractivity contribution in [3.63, 3.8) is 0 Å². The van der Waals surface area contributed by atoms with Crippen LogP contribution in [0.15, 0.2) is 30.4 Å². The molecule has 2 aliphatic rings. The van der Waals surface area contributed by atoms with E-state index in [0.717, 1.165) is 25.9 Å². The monoisotopic (exact) mass is 304 g/mol. The summed E-state index contributed by atoms with van der Waals surface area (Å²) in [6, 6.07) is 4.19. The van der Waals surface area contributed by atoms with Crippen LogP contribution in [-0.2, 0) is 0 Å². The maximum atomic E-state index is 13.4. The molecule has 4 nitrogen and oxygen atoms in total. The molecule has 2 heterocycles. The fourth-order valence-corrected chi connectivity index (χ4v) is 3.44. The Balaban J connectivity index is 1.68. The number of rotatable bonds is 4. The average Bonchev–Trinajstić information content (AvgIpc) is 2.97. The first-order valence-electron chi connectivity index (χ1n) is 7.66. The molecule has 0 aromatic heterocycles. The molecule has 0 bridgehead atoms. The molecule has 5 heteroatoms. The van der Waals surface area contributed by atoms with Gasteiger partial charge in [0.25, 0.3) is 5.91 Å². The smallest absolute Gasteiger partial charge is 0.251 e. The van der Waals surface area contributed by atoms with Crippen molar-refractivity contribution >= 4 is 5.91 Å². The standard InChI is InChI=1S/C17H21FN2O2/c1-22-15-11-13(5-6-14(15)18)16(21)19-12-17-7-2-3-9-20(17)10-4-8-17/h2-3,5-6,11H,4,7-10,12H2,1H3,(H,19,21). The summed E-state index contributed by atoms with van der Waals surface area (Å²) in [6.07, 6.45) is 7.64. The van der Waals surface area contributed by atoms with E-state index in [0.29, 0.717) is 12.1 Å². The zero-order valence-electron chi connectivity index (χ0n) is 12.8. The van der Waals surface area contributed by atoms with Crippen molar-refractivity contribution in [3.8, 4) is 5.75 Å². The molecule has 0 saturated carbocycles. The number of halogens is 1. The summed E-state index contributed by atoms with van der Waals surface area (Å²) in [4.78, 5) is 14.8. The summed E-state index contributed by atoms with van der Waals surface area (Å²) in [5.74, 6) is -0.556. The number of amides is 1. The quantitative estimate of drug-likeness (QED) is 0.868. The summed E-state index contributed by atoms with van der Waals surface area (Å²) < 4.78 is 18.3. The second-order valence-electron chi connectivity index (χ2n) is 5.98. The molecular weight excluding hydrogens is 283 g/mol. The van der Waals surface area contributed by atoms with Crippen LogP contribution < -0.4 is 10.1 Å². The minimum absolute atomic E-state index is 0.0501. The van der Waals surface area contributed by atoms with Gasteiger partial charge in [-0.15, -0.1) is 0 Å². The molecule has 118 valence electrons. The second-order valence-corrected chi connectivity index (χ2v) is 5.98. The summed E-state index contributed by atoms with van der Waals surface area (Å²) in [5, 5.41) is 3.01. The number of hydrogen-bond donors (Lipinski definition) is 1. The number of nitrogens with one attached hydrogen (secondary N) is 1. The highest BCUT2D eigenvalue weighted by molar-refractivity contribution is 5.94. The highest BCUT2D eigenvalue weighted by Crippen LogP contribution is 2.34. The molecule has 1 fully saturated rings. The van der Waals surface area contributed by atoms with Gasteiger partial charge in [0.15, 0.2) is 11.6 Å². The fraction of sp³-hybridized carbons (Fsp3) is 0.471. The minimum Gasteiger partial charge on any atom is -0.494 e. The second kappa shape index (κ2) is 6.08. The summed E-state index contributed by atoms with van der Waals surface area (Å²) in [6.45, 7) is 2.67. The van der Waals surface area contributed by atoms with Gasteiger partial charge in [0.05, 0.1) is 7.11 Å². The number of nitrogens with zero attached hydrogens (tertiary/aromatic N) is 1. The molecule has 1 aromatic rings. The van der Waals surface area contributed by atoms with Crippen LogP contribution in [0.2, 0.25) is 0 Å².